The standard InChI is InChI=1S/C18H16F3N3O2S2/c1-11-23-14(10-27-11)15-4-3-13(28-15)6-7-22-16(25)9-24-8-12(18(19,20)21)2-5-17(24)26/h2-5,8,10H,6-7,9H2,1H3,(H,22,25). The van der Waals surface area contributed by atoms with Crippen molar-refractivity contribution in [1.29, 1.82) is 0 Å². The van der Waals surface area contributed by atoms with Gasteiger partial charge >= 0.3 is 6.18 Å². The summed E-state index contributed by atoms with van der Waals surface area (Å²) in [7, 11) is 0. The molecule has 0 aliphatic heterocycles. The maximum Gasteiger partial charge on any atom is 0.417 e. The minimum Gasteiger partial charge on any atom is -0.354 e. The van der Waals surface area contributed by atoms with Gasteiger partial charge in [-0.15, -0.1) is 22.7 Å². The van der Waals surface area contributed by atoms with E-state index in [1.54, 1.807) is 22.7 Å². The summed E-state index contributed by atoms with van der Waals surface area (Å²) in [5, 5.41) is 5.61. The first-order chi connectivity index (χ1) is 13.2. The third kappa shape index (κ3) is 5.08. The third-order valence-corrected chi connectivity index (χ3v) is 5.79. The smallest absolute Gasteiger partial charge is 0.354 e. The van der Waals surface area contributed by atoms with Crippen LogP contribution in [0.4, 0.5) is 13.2 Å². The number of thiazole rings is 1. The van der Waals surface area contributed by atoms with Crippen LogP contribution in [-0.2, 0) is 23.9 Å². The van der Waals surface area contributed by atoms with E-state index in [1.807, 2.05) is 24.4 Å². The van der Waals surface area contributed by atoms with E-state index in [0.29, 0.717) is 25.2 Å². The lowest BCUT2D eigenvalue weighted by molar-refractivity contribution is -0.138. The molecule has 0 spiro atoms. The van der Waals surface area contributed by atoms with Gasteiger partial charge in [0.25, 0.3) is 5.56 Å². The first kappa shape index (κ1) is 20.3. The van der Waals surface area contributed by atoms with Crippen LogP contribution in [0.1, 0.15) is 15.4 Å². The number of halogens is 3. The normalized spacial score (nSPS) is 11.6. The van der Waals surface area contributed by atoms with Crippen LogP contribution in [0.3, 0.4) is 0 Å². The molecule has 5 nitrogen and oxygen atoms in total. The minimum atomic E-state index is -4.57. The number of aryl methyl sites for hydroxylation is 1. The van der Waals surface area contributed by atoms with Gasteiger partial charge in [0.2, 0.25) is 5.91 Å². The predicted octanol–water partition coefficient (Wildman–Crippen LogP) is 3.72. The van der Waals surface area contributed by atoms with Crippen LogP contribution in [0, 0.1) is 6.92 Å². The van der Waals surface area contributed by atoms with Crippen molar-refractivity contribution >= 4 is 28.6 Å². The van der Waals surface area contributed by atoms with E-state index in [4.69, 9.17) is 0 Å². The van der Waals surface area contributed by atoms with E-state index in [9.17, 15) is 22.8 Å². The molecular weight excluding hydrogens is 411 g/mol. The zero-order valence-corrected chi connectivity index (χ0v) is 16.4. The van der Waals surface area contributed by atoms with E-state index in [0.717, 1.165) is 31.1 Å². The van der Waals surface area contributed by atoms with E-state index < -0.39 is 29.8 Å². The molecule has 0 fully saturated rings. The van der Waals surface area contributed by atoms with Gasteiger partial charge < -0.3 is 9.88 Å². The highest BCUT2D eigenvalue weighted by Crippen LogP contribution is 2.29. The second kappa shape index (κ2) is 8.27. The van der Waals surface area contributed by atoms with Gasteiger partial charge in [0.15, 0.2) is 0 Å². The summed E-state index contributed by atoms with van der Waals surface area (Å²) < 4.78 is 39.0. The fourth-order valence-corrected chi connectivity index (χ4v) is 4.14. The molecule has 0 saturated carbocycles. The highest BCUT2D eigenvalue weighted by atomic mass is 32.1. The van der Waals surface area contributed by atoms with Gasteiger partial charge in [-0.05, 0) is 31.5 Å². The van der Waals surface area contributed by atoms with Gasteiger partial charge in [-0.1, -0.05) is 0 Å². The van der Waals surface area contributed by atoms with Gasteiger partial charge in [-0.25, -0.2) is 4.98 Å². The van der Waals surface area contributed by atoms with Gasteiger partial charge in [-0.2, -0.15) is 13.2 Å². The van der Waals surface area contributed by atoms with Crippen molar-refractivity contribution in [2.24, 2.45) is 0 Å². The number of rotatable bonds is 6. The Morgan fingerprint density at radius 1 is 1.25 bits per heavy atom. The van der Waals surface area contributed by atoms with E-state index in [-0.39, 0.29) is 0 Å². The quantitative estimate of drug-likeness (QED) is 0.652. The number of hydrogen-bond donors (Lipinski definition) is 1. The van der Waals surface area contributed by atoms with Crippen molar-refractivity contribution in [2.75, 3.05) is 6.54 Å². The number of alkyl halides is 3. The number of thiophene rings is 1. The Kier molecular flexibility index (Phi) is 5.99. The highest BCUT2D eigenvalue weighted by Gasteiger charge is 2.31. The largest absolute Gasteiger partial charge is 0.417 e. The molecule has 3 aromatic rings. The van der Waals surface area contributed by atoms with Crippen LogP contribution in [0.5, 0.6) is 0 Å². The van der Waals surface area contributed by atoms with Crippen LogP contribution in [0.15, 0.2) is 40.6 Å². The van der Waals surface area contributed by atoms with Crippen molar-refractivity contribution in [3.8, 4) is 10.6 Å². The molecular formula is C18H16F3N3O2S2. The molecule has 148 valence electrons. The topological polar surface area (TPSA) is 64.0 Å². The zero-order chi connectivity index (χ0) is 20.3. The van der Waals surface area contributed by atoms with Crippen LogP contribution in [0.2, 0.25) is 0 Å². The van der Waals surface area contributed by atoms with E-state index >= 15 is 0 Å². The molecule has 0 saturated heterocycles. The summed E-state index contributed by atoms with van der Waals surface area (Å²) >= 11 is 3.15. The van der Waals surface area contributed by atoms with Crippen LogP contribution >= 0.6 is 22.7 Å². The molecule has 0 aromatic carbocycles. The summed E-state index contributed by atoms with van der Waals surface area (Å²) in [5.74, 6) is -0.520. The maximum atomic E-state index is 12.7. The number of nitrogens with one attached hydrogen (secondary N) is 1. The highest BCUT2D eigenvalue weighted by molar-refractivity contribution is 7.16. The number of carbonyl (C=O) groups excluding carboxylic acids is 1. The average Bonchev–Trinajstić information content (AvgIpc) is 3.25. The van der Waals surface area contributed by atoms with Gasteiger partial charge in [0, 0.05) is 29.1 Å². The molecule has 1 amide bonds. The summed E-state index contributed by atoms with van der Waals surface area (Å²) in [6.07, 6.45) is -3.33. The first-order valence-electron chi connectivity index (χ1n) is 8.28. The van der Waals surface area contributed by atoms with Crippen molar-refractivity contribution < 1.29 is 18.0 Å². The molecule has 0 radical (unpaired) electrons. The lowest BCUT2D eigenvalue weighted by Gasteiger charge is -2.10. The molecule has 0 aliphatic rings. The Balaban J connectivity index is 1.54. The number of aromatic nitrogens is 2. The molecule has 28 heavy (non-hydrogen) atoms. The Bertz CT molecular complexity index is 1040. The number of carbonyl (C=O) groups is 1. The number of pyridine rings is 1. The monoisotopic (exact) mass is 427 g/mol. The van der Waals surface area contributed by atoms with Gasteiger partial charge in [0.1, 0.15) is 6.54 Å². The molecule has 1 N–H and O–H groups in total. The maximum absolute atomic E-state index is 12.7. The van der Waals surface area contributed by atoms with Crippen molar-refractivity contribution in [3.05, 3.63) is 61.6 Å². The van der Waals surface area contributed by atoms with Gasteiger partial charge in [-0.3, -0.25) is 9.59 Å². The summed E-state index contributed by atoms with van der Waals surface area (Å²) in [6, 6.07) is 5.44. The number of amides is 1. The molecule has 3 rings (SSSR count). The summed E-state index contributed by atoms with van der Waals surface area (Å²) in [5.41, 5.74) is -0.709. The van der Waals surface area contributed by atoms with E-state index in [2.05, 4.69) is 10.3 Å². The molecule has 10 heteroatoms. The fourth-order valence-electron chi connectivity index (χ4n) is 2.48. The second-order valence-electron chi connectivity index (χ2n) is 6.00. The Hall–Kier alpha value is -2.46. The zero-order valence-electron chi connectivity index (χ0n) is 14.7. The predicted molar refractivity (Wildman–Crippen MR) is 103 cm³/mol. The second-order valence-corrected chi connectivity index (χ2v) is 8.23. The van der Waals surface area contributed by atoms with Crippen molar-refractivity contribution in [3.63, 3.8) is 0 Å². The lowest BCUT2D eigenvalue weighted by Crippen LogP contribution is -2.33. The fraction of sp³-hybridized carbons (Fsp3) is 0.278. The number of nitrogens with zero attached hydrogens (tertiary/aromatic N) is 2. The molecule has 0 bridgehead atoms. The Morgan fingerprint density at radius 3 is 2.71 bits per heavy atom. The van der Waals surface area contributed by atoms with Crippen LogP contribution < -0.4 is 10.9 Å². The summed E-state index contributed by atoms with van der Waals surface area (Å²) in [6.45, 7) is 1.80. The van der Waals surface area contributed by atoms with Crippen molar-refractivity contribution in [2.45, 2.75) is 26.1 Å². The minimum absolute atomic E-state index is 0.322. The van der Waals surface area contributed by atoms with Crippen LogP contribution in [0.25, 0.3) is 10.6 Å². The Morgan fingerprint density at radius 2 is 2.04 bits per heavy atom. The first-order valence-corrected chi connectivity index (χ1v) is 9.97. The van der Waals surface area contributed by atoms with Gasteiger partial charge in [0.05, 0.1) is 21.1 Å². The number of hydrogen-bond acceptors (Lipinski definition) is 5. The molecule has 0 atom stereocenters. The lowest BCUT2D eigenvalue weighted by atomic mass is 10.2. The molecule has 3 heterocycles. The summed E-state index contributed by atoms with van der Waals surface area (Å²) in [4.78, 5) is 30.2. The van der Waals surface area contributed by atoms with E-state index in [1.165, 1.54) is 0 Å². The average molecular weight is 427 g/mol. The molecule has 0 unspecified atom stereocenters. The van der Waals surface area contributed by atoms with Crippen LogP contribution in [-0.4, -0.2) is 22.0 Å². The van der Waals surface area contributed by atoms with Crippen molar-refractivity contribution in [1.82, 2.24) is 14.9 Å². The SMILES string of the molecule is Cc1nc(-c2ccc(CCNC(=O)Cn3cc(C(F)(F)F)ccc3=O)s2)cs1. The molecule has 3 aromatic heterocycles. The molecule has 0 aliphatic carbocycles. The third-order valence-electron chi connectivity index (χ3n) is 3.85. The Labute approximate surface area is 166 Å².